The first-order chi connectivity index (χ1) is 7.93. The fourth-order valence-corrected chi connectivity index (χ4v) is 2.65. The lowest BCUT2D eigenvalue weighted by atomic mass is 10.2. The SMILES string of the molecule is C1=Cc2ccccc2SN(c2ccn[nH]2)C1. The number of nitrogens with zero attached hydrogens (tertiary/aromatic N) is 2. The summed E-state index contributed by atoms with van der Waals surface area (Å²) in [5.41, 5.74) is 1.27. The third kappa shape index (κ3) is 1.72. The monoisotopic (exact) mass is 229 g/mol. The van der Waals surface area contributed by atoms with Gasteiger partial charge in [0.25, 0.3) is 0 Å². The molecule has 0 unspecified atom stereocenters. The molecule has 4 heteroatoms. The van der Waals surface area contributed by atoms with E-state index in [2.05, 4.69) is 50.9 Å². The van der Waals surface area contributed by atoms with Crippen LogP contribution < -0.4 is 4.31 Å². The second kappa shape index (κ2) is 4.06. The lowest BCUT2D eigenvalue weighted by Gasteiger charge is -2.18. The fraction of sp³-hybridized carbons (Fsp3) is 0.0833. The quantitative estimate of drug-likeness (QED) is 0.763. The van der Waals surface area contributed by atoms with Crippen LogP contribution in [-0.2, 0) is 0 Å². The Bertz CT molecular complexity index is 505. The molecule has 2 aromatic rings. The predicted molar refractivity (Wildman–Crippen MR) is 67.3 cm³/mol. The number of H-pyrrole nitrogens is 1. The molecule has 80 valence electrons. The smallest absolute Gasteiger partial charge is 0.134 e. The zero-order chi connectivity index (χ0) is 10.8. The number of hydrogen-bond acceptors (Lipinski definition) is 3. The van der Waals surface area contributed by atoms with Crippen molar-refractivity contribution >= 4 is 23.8 Å². The second-order valence-electron chi connectivity index (χ2n) is 3.53. The topological polar surface area (TPSA) is 31.9 Å². The molecule has 0 aliphatic carbocycles. The molecule has 3 rings (SSSR count). The molecule has 1 N–H and O–H groups in total. The van der Waals surface area contributed by atoms with Gasteiger partial charge in [0.2, 0.25) is 0 Å². The molecule has 1 aliphatic rings. The van der Waals surface area contributed by atoms with E-state index in [0.29, 0.717) is 0 Å². The molecule has 3 nitrogen and oxygen atoms in total. The van der Waals surface area contributed by atoms with Gasteiger partial charge in [0.15, 0.2) is 0 Å². The Hall–Kier alpha value is -1.68. The van der Waals surface area contributed by atoms with Gasteiger partial charge in [-0.2, -0.15) is 5.10 Å². The van der Waals surface area contributed by atoms with Crippen LogP contribution in [0.5, 0.6) is 0 Å². The van der Waals surface area contributed by atoms with Crippen molar-refractivity contribution in [3.63, 3.8) is 0 Å². The van der Waals surface area contributed by atoms with Gasteiger partial charge in [0.1, 0.15) is 5.82 Å². The van der Waals surface area contributed by atoms with Crippen molar-refractivity contribution in [1.82, 2.24) is 10.2 Å². The normalized spacial score (nSPS) is 14.6. The van der Waals surface area contributed by atoms with Crippen molar-refractivity contribution in [1.29, 1.82) is 0 Å². The van der Waals surface area contributed by atoms with Gasteiger partial charge in [-0.1, -0.05) is 30.4 Å². The van der Waals surface area contributed by atoms with Crippen LogP contribution in [0.1, 0.15) is 5.56 Å². The summed E-state index contributed by atoms with van der Waals surface area (Å²) in [6.45, 7) is 0.877. The summed E-state index contributed by atoms with van der Waals surface area (Å²) in [4.78, 5) is 1.27. The van der Waals surface area contributed by atoms with E-state index in [4.69, 9.17) is 0 Å². The van der Waals surface area contributed by atoms with Gasteiger partial charge in [-0.15, -0.1) is 0 Å². The van der Waals surface area contributed by atoms with Gasteiger partial charge in [-0.25, -0.2) is 0 Å². The van der Waals surface area contributed by atoms with E-state index in [9.17, 15) is 0 Å². The van der Waals surface area contributed by atoms with E-state index in [-0.39, 0.29) is 0 Å². The Morgan fingerprint density at radius 2 is 2.19 bits per heavy atom. The summed E-state index contributed by atoms with van der Waals surface area (Å²) in [5.74, 6) is 1.03. The number of benzene rings is 1. The lowest BCUT2D eigenvalue weighted by Crippen LogP contribution is -2.13. The number of rotatable bonds is 1. The van der Waals surface area contributed by atoms with Crippen molar-refractivity contribution in [3.05, 3.63) is 48.2 Å². The first-order valence-corrected chi connectivity index (χ1v) is 5.91. The highest BCUT2D eigenvalue weighted by Gasteiger charge is 2.12. The van der Waals surface area contributed by atoms with Crippen molar-refractivity contribution in [2.75, 3.05) is 10.8 Å². The number of aromatic amines is 1. The van der Waals surface area contributed by atoms with Crippen LogP contribution in [0.2, 0.25) is 0 Å². The van der Waals surface area contributed by atoms with Crippen LogP contribution >= 0.6 is 11.9 Å². The van der Waals surface area contributed by atoms with Gasteiger partial charge >= 0.3 is 0 Å². The van der Waals surface area contributed by atoms with Crippen LogP contribution in [0.3, 0.4) is 0 Å². The van der Waals surface area contributed by atoms with Crippen molar-refractivity contribution in [2.24, 2.45) is 0 Å². The third-order valence-electron chi connectivity index (χ3n) is 2.45. The highest BCUT2D eigenvalue weighted by Crippen LogP contribution is 2.32. The summed E-state index contributed by atoms with van der Waals surface area (Å²) in [7, 11) is 0. The van der Waals surface area contributed by atoms with Crippen LogP contribution in [0, 0.1) is 0 Å². The predicted octanol–water partition coefficient (Wildman–Crippen LogP) is 2.95. The van der Waals surface area contributed by atoms with Gasteiger partial charge in [-0.3, -0.25) is 9.40 Å². The minimum atomic E-state index is 0.877. The zero-order valence-corrected chi connectivity index (χ0v) is 9.45. The van der Waals surface area contributed by atoms with Crippen LogP contribution in [0.25, 0.3) is 6.08 Å². The van der Waals surface area contributed by atoms with Gasteiger partial charge in [0.05, 0.1) is 6.20 Å². The molecule has 1 aliphatic heterocycles. The number of aromatic nitrogens is 2. The Kier molecular flexibility index (Phi) is 2.42. The van der Waals surface area contributed by atoms with Crippen molar-refractivity contribution in [2.45, 2.75) is 4.90 Å². The third-order valence-corrected chi connectivity index (χ3v) is 3.59. The van der Waals surface area contributed by atoms with Gasteiger partial charge in [0, 0.05) is 17.5 Å². The summed E-state index contributed by atoms with van der Waals surface area (Å²) in [6, 6.07) is 10.4. The molecular formula is C12H11N3S. The largest absolute Gasteiger partial charge is 0.293 e. The average Bonchev–Trinajstić information content (AvgIpc) is 2.75. The summed E-state index contributed by atoms with van der Waals surface area (Å²) in [5, 5.41) is 6.97. The molecule has 0 spiro atoms. The van der Waals surface area contributed by atoms with Crippen molar-refractivity contribution in [3.8, 4) is 0 Å². The van der Waals surface area contributed by atoms with E-state index in [1.165, 1.54) is 10.5 Å². The fourth-order valence-electron chi connectivity index (χ4n) is 1.67. The number of anilines is 1. The van der Waals surface area contributed by atoms with E-state index in [1.54, 1.807) is 18.1 Å². The maximum atomic E-state index is 3.98. The van der Waals surface area contributed by atoms with Crippen molar-refractivity contribution < 1.29 is 0 Å². The molecular weight excluding hydrogens is 218 g/mol. The maximum Gasteiger partial charge on any atom is 0.134 e. The number of hydrogen-bond donors (Lipinski definition) is 1. The molecule has 0 saturated heterocycles. The number of nitrogens with one attached hydrogen (secondary N) is 1. The average molecular weight is 229 g/mol. The zero-order valence-electron chi connectivity index (χ0n) is 8.63. The van der Waals surface area contributed by atoms with Crippen LogP contribution in [0.4, 0.5) is 5.82 Å². The van der Waals surface area contributed by atoms with Crippen LogP contribution in [0.15, 0.2) is 47.5 Å². The second-order valence-corrected chi connectivity index (χ2v) is 4.60. The Labute approximate surface area is 98.3 Å². The summed E-state index contributed by atoms with van der Waals surface area (Å²) >= 11 is 1.74. The highest BCUT2D eigenvalue weighted by atomic mass is 32.2. The van der Waals surface area contributed by atoms with Crippen LogP contribution in [-0.4, -0.2) is 16.7 Å². The molecule has 1 aromatic heterocycles. The maximum absolute atomic E-state index is 3.98. The number of fused-ring (bicyclic) bond motifs is 1. The standard InChI is InChI=1S/C12H11N3S/c1-2-6-11-10(4-1)5-3-9-15(16-11)12-7-8-13-14-12/h1-8H,9H2,(H,13,14). The molecule has 1 aromatic carbocycles. The Balaban J connectivity index is 1.96. The molecule has 0 atom stereocenters. The summed E-state index contributed by atoms with van der Waals surface area (Å²) in [6.07, 6.45) is 6.11. The highest BCUT2D eigenvalue weighted by molar-refractivity contribution is 8.00. The van der Waals surface area contributed by atoms with E-state index >= 15 is 0 Å². The molecule has 0 fully saturated rings. The Morgan fingerprint density at radius 3 is 3.06 bits per heavy atom. The Morgan fingerprint density at radius 1 is 1.25 bits per heavy atom. The molecule has 0 saturated carbocycles. The first kappa shape index (κ1) is 9.54. The first-order valence-electron chi connectivity index (χ1n) is 5.14. The summed E-state index contributed by atoms with van der Waals surface area (Å²) < 4.78 is 2.19. The molecule has 0 bridgehead atoms. The lowest BCUT2D eigenvalue weighted by molar-refractivity contribution is 1.05. The molecule has 0 amide bonds. The minimum Gasteiger partial charge on any atom is -0.293 e. The van der Waals surface area contributed by atoms with E-state index in [1.807, 2.05) is 6.07 Å². The minimum absolute atomic E-state index is 0.877. The molecule has 0 radical (unpaired) electrons. The molecule has 2 heterocycles. The van der Waals surface area contributed by atoms with Gasteiger partial charge in [-0.05, 0) is 23.6 Å². The molecule has 16 heavy (non-hydrogen) atoms. The van der Waals surface area contributed by atoms with E-state index < -0.39 is 0 Å². The van der Waals surface area contributed by atoms with Gasteiger partial charge < -0.3 is 0 Å². The van der Waals surface area contributed by atoms with E-state index in [0.717, 1.165) is 12.4 Å².